The van der Waals surface area contributed by atoms with E-state index in [0.717, 1.165) is 5.56 Å². The Balaban J connectivity index is 1.84. The van der Waals surface area contributed by atoms with Gasteiger partial charge in [0, 0.05) is 17.3 Å². The second-order valence-electron chi connectivity index (χ2n) is 6.63. The van der Waals surface area contributed by atoms with Crippen molar-refractivity contribution in [2.75, 3.05) is 19.5 Å². The molecule has 1 aromatic heterocycles. The lowest BCUT2D eigenvalue weighted by Gasteiger charge is -2.10. The molecule has 0 bridgehead atoms. The lowest BCUT2D eigenvalue weighted by molar-refractivity contribution is -0.112. The number of nitrogens with one attached hydrogen (secondary N) is 1. The van der Waals surface area contributed by atoms with Gasteiger partial charge < -0.3 is 14.8 Å². The number of anilines is 1. The van der Waals surface area contributed by atoms with E-state index in [-0.39, 0.29) is 5.57 Å². The molecule has 0 saturated heterocycles. The van der Waals surface area contributed by atoms with Crippen LogP contribution >= 0.6 is 11.6 Å². The van der Waals surface area contributed by atoms with E-state index >= 15 is 0 Å². The number of nitrogens with zero attached hydrogens (tertiary/aromatic N) is 3. The topological polar surface area (TPSA) is 89.2 Å². The molecule has 0 aliphatic carbocycles. The number of aryl methyl sites for hydroxylation is 1. The van der Waals surface area contributed by atoms with Gasteiger partial charge in [0.15, 0.2) is 11.5 Å². The summed E-state index contributed by atoms with van der Waals surface area (Å²) in [6, 6.07) is 16.6. The molecular formula is C23H21ClN4O3. The molecular weight excluding hydrogens is 416 g/mol. The number of hydrogen-bond acceptors (Lipinski definition) is 5. The summed E-state index contributed by atoms with van der Waals surface area (Å²) in [4.78, 5) is 12.7. The van der Waals surface area contributed by atoms with Crippen LogP contribution in [0.2, 0.25) is 5.15 Å². The van der Waals surface area contributed by atoms with Crippen molar-refractivity contribution in [3.63, 3.8) is 0 Å². The lowest BCUT2D eigenvalue weighted by Crippen LogP contribution is -2.13. The van der Waals surface area contributed by atoms with E-state index in [4.69, 9.17) is 21.1 Å². The van der Waals surface area contributed by atoms with Gasteiger partial charge in [0.25, 0.3) is 5.91 Å². The fourth-order valence-corrected chi connectivity index (χ4v) is 3.29. The average molecular weight is 437 g/mol. The first-order valence-corrected chi connectivity index (χ1v) is 9.76. The molecule has 0 aliphatic heterocycles. The number of ether oxygens (including phenoxy) is 2. The second-order valence-corrected chi connectivity index (χ2v) is 6.98. The van der Waals surface area contributed by atoms with Crippen LogP contribution in [0.25, 0.3) is 6.08 Å². The number of methoxy groups -OCH3 is 2. The molecule has 158 valence electrons. The Kier molecular flexibility index (Phi) is 6.96. The predicted octanol–water partition coefficient (Wildman–Crippen LogP) is 4.46. The van der Waals surface area contributed by atoms with Gasteiger partial charge in [0.1, 0.15) is 16.8 Å². The number of nitriles is 1. The number of amides is 1. The molecule has 0 saturated carbocycles. The van der Waals surface area contributed by atoms with Crippen molar-refractivity contribution in [1.82, 2.24) is 9.78 Å². The summed E-state index contributed by atoms with van der Waals surface area (Å²) in [7, 11) is 3.03. The van der Waals surface area contributed by atoms with Crippen molar-refractivity contribution in [2.24, 2.45) is 0 Å². The van der Waals surface area contributed by atoms with Crippen LogP contribution in [0.15, 0.2) is 54.1 Å². The molecule has 1 amide bonds. The summed E-state index contributed by atoms with van der Waals surface area (Å²) in [5, 5.41) is 17.0. The van der Waals surface area contributed by atoms with Crippen molar-refractivity contribution in [2.45, 2.75) is 13.5 Å². The van der Waals surface area contributed by atoms with Crippen LogP contribution < -0.4 is 14.8 Å². The summed E-state index contributed by atoms with van der Waals surface area (Å²) in [5.74, 6) is 0.426. The van der Waals surface area contributed by atoms with Crippen LogP contribution in [0, 0.1) is 18.3 Å². The Morgan fingerprint density at radius 2 is 1.90 bits per heavy atom. The third-order valence-electron chi connectivity index (χ3n) is 4.58. The summed E-state index contributed by atoms with van der Waals surface area (Å²) >= 11 is 6.50. The molecule has 1 heterocycles. The van der Waals surface area contributed by atoms with Crippen LogP contribution in [0.5, 0.6) is 11.5 Å². The van der Waals surface area contributed by atoms with Gasteiger partial charge in [-0.2, -0.15) is 10.4 Å². The van der Waals surface area contributed by atoms with Crippen LogP contribution in [0.1, 0.15) is 16.8 Å². The molecule has 2 aromatic carbocycles. The first-order valence-electron chi connectivity index (χ1n) is 9.38. The highest BCUT2D eigenvalue weighted by molar-refractivity contribution is 6.31. The smallest absolute Gasteiger partial charge is 0.266 e. The van der Waals surface area contributed by atoms with Crippen LogP contribution in [0.4, 0.5) is 5.69 Å². The largest absolute Gasteiger partial charge is 0.493 e. The molecule has 3 aromatic rings. The first-order chi connectivity index (χ1) is 15.0. The lowest BCUT2D eigenvalue weighted by atomic mass is 10.1. The summed E-state index contributed by atoms with van der Waals surface area (Å²) in [6.45, 7) is 2.26. The normalized spacial score (nSPS) is 11.0. The van der Waals surface area contributed by atoms with E-state index in [9.17, 15) is 10.1 Å². The monoisotopic (exact) mass is 436 g/mol. The minimum Gasteiger partial charge on any atom is -0.493 e. The highest BCUT2D eigenvalue weighted by atomic mass is 35.5. The van der Waals surface area contributed by atoms with Crippen molar-refractivity contribution < 1.29 is 14.3 Å². The molecule has 0 spiro atoms. The van der Waals surface area contributed by atoms with Crippen molar-refractivity contribution in [3.8, 4) is 17.6 Å². The zero-order valence-corrected chi connectivity index (χ0v) is 18.1. The SMILES string of the molecule is COc1ccc(NC(=O)/C(C#N)=C/c2c(C)nn(Cc3ccccc3)c2Cl)cc1OC. The summed E-state index contributed by atoms with van der Waals surface area (Å²) < 4.78 is 12.1. The second kappa shape index (κ2) is 9.83. The molecule has 0 atom stereocenters. The standard InChI is InChI=1S/C23H21ClN4O3/c1-15-19(22(24)28(27-15)14-16-7-5-4-6-8-16)11-17(13-25)23(29)26-18-9-10-20(30-2)21(12-18)31-3/h4-12H,14H2,1-3H3,(H,26,29)/b17-11+. The number of benzene rings is 2. The molecule has 7 nitrogen and oxygen atoms in total. The van der Waals surface area contributed by atoms with E-state index in [0.29, 0.717) is 40.1 Å². The average Bonchev–Trinajstić information content (AvgIpc) is 3.04. The number of halogens is 1. The van der Waals surface area contributed by atoms with E-state index in [2.05, 4.69) is 10.4 Å². The third kappa shape index (κ3) is 5.05. The number of carbonyl (C=O) groups is 1. The van der Waals surface area contributed by atoms with Crippen LogP contribution in [0.3, 0.4) is 0 Å². The Morgan fingerprint density at radius 3 is 2.55 bits per heavy atom. The van der Waals surface area contributed by atoms with Crippen molar-refractivity contribution in [3.05, 3.63) is 76.1 Å². The van der Waals surface area contributed by atoms with Gasteiger partial charge in [-0.1, -0.05) is 41.9 Å². The van der Waals surface area contributed by atoms with Crippen LogP contribution in [-0.4, -0.2) is 29.9 Å². The number of hydrogen-bond donors (Lipinski definition) is 1. The Morgan fingerprint density at radius 1 is 1.19 bits per heavy atom. The van der Waals surface area contributed by atoms with Crippen molar-refractivity contribution >= 4 is 29.3 Å². The maximum Gasteiger partial charge on any atom is 0.266 e. The Hall–Kier alpha value is -3.76. The highest BCUT2D eigenvalue weighted by Gasteiger charge is 2.17. The Bertz CT molecular complexity index is 1160. The maximum absolute atomic E-state index is 12.7. The van der Waals surface area contributed by atoms with Gasteiger partial charge >= 0.3 is 0 Å². The first kappa shape index (κ1) is 21.9. The van der Waals surface area contributed by atoms with E-state index in [1.54, 1.807) is 29.8 Å². The number of aromatic nitrogens is 2. The molecule has 0 aliphatic rings. The quantitative estimate of drug-likeness (QED) is 0.436. The minimum atomic E-state index is -0.569. The third-order valence-corrected chi connectivity index (χ3v) is 4.98. The van der Waals surface area contributed by atoms with E-state index in [1.165, 1.54) is 20.3 Å². The fourth-order valence-electron chi connectivity index (χ4n) is 3.00. The molecule has 3 rings (SSSR count). The maximum atomic E-state index is 12.7. The summed E-state index contributed by atoms with van der Waals surface area (Å²) in [5.41, 5.74) is 2.55. The molecule has 0 unspecified atom stereocenters. The molecule has 1 N–H and O–H groups in total. The molecule has 0 radical (unpaired) electrons. The van der Waals surface area contributed by atoms with Crippen molar-refractivity contribution in [1.29, 1.82) is 5.26 Å². The zero-order chi connectivity index (χ0) is 22.4. The van der Waals surface area contributed by atoms with Gasteiger partial charge in [-0.25, -0.2) is 4.68 Å². The summed E-state index contributed by atoms with van der Waals surface area (Å²) in [6.07, 6.45) is 1.45. The zero-order valence-electron chi connectivity index (χ0n) is 17.3. The molecule has 0 fully saturated rings. The van der Waals surface area contributed by atoms with Gasteiger partial charge in [-0.05, 0) is 30.7 Å². The fraction of sp³-hybridized carbons (Fsp3) is 0.174. The molecule has 31 heavy (non-hydrogen) atoms. The molecule has 8 heteroatoms. The van der Waals surface area contributed by atoms with E-state index < -0.39 is 5.91 Å². The highest BCUT2D eigenvalue weighted by Crippen LogP contribution is 2.30. The van der Waals surface area contributed by atoms with Gasteiger partial charge in [0.05, 0.1) is 26.5 Å². The predicted molar refractivity (Wildman–Crippen MR) is 119 cm³/mol. The van der Waals surface area contributed by atoms with Gasteiger partial charge in [-0.3, -0.25) is 4.79 Å². The van der Waals surface area contributed by atoms with Gasteiger partial charge in [-0.15, -0.1) is 0 Å². The number of rotatable bonds is 7. The van der Waals surface area contributed by atoms with Gasteiger partial charge in [0.2, 0.25) is 0 Å². The van der Waals surface area contributed by atoms with E-state index in [1.807, 2.05) is 36.4 Å². The number of carbonyl (C=O) groups excluding carboxylic acids is 1. The Labute approximate surface area is 185 Å². The minimum absolute atomic E-state index is 0.0981. The van der Waals surface area contributed by atoms with Crippen LogP contribution in [-0.2, 0) is 11.3 Å².